The average Bonchev–Trinajstić information content (AvgIpc) is 3.61. The molecule has 0 spiro atoms. The Morgan fingerprint density at radius 2 is 1.95 bits per heavy atom. The number of aromatic nitrogens is 2. The molecule has 196 valence electrons. The van der Waals surface area contributed by atoms with Gasteiger partial charge in [0.2, 0.25) is 0 Å². The third-order valence-electron chi connectivity index (χ3n) is 6.41. The third-order valence-corrected chi connectivity index (χ3v) is 6.41. The number of anilines is 2. The molecule has 1 amide bonds. The lowest BCUT2D eigenvalue weighted by Crippen LogP contribution is -2.27. The van der Waals surface area contributed by atoms with Crippen LogP contribution in [-0.2, 0) is 19.8 Å². The number of hydrazine groups is 1. The van der Waals surface area contributed by atoms with Gasteiger partial charge >= 0.3 is 6.18 Å². The van der Waals surface area contributed by atoms with Gasteiger partial charge in [0.25, 0.3) is 5.91 Å². The molecule has 0 radical (unpaired) electrons. The first-order chi connectivity index (χ1) is 17.4. The molecule has 1 aliphatic rings. The number of hydrogen-bond donors (Lipinski definition) is 4. The number of alkyl halides is 3. The molecule has 2 aromatic carbocycles. The van der Waals surface area contributed by atoms with Crippen molar-refractivity contribution in [2.24, 2.45) is 18.6 Å². The van der Waals surface area contributed by atoms with Gasteiger partial charge in [0, 0.05) is 48.3 Å². The molecular formula is C26H30F3N7O. The van der Waals surface area contributed by atoms with Crippen LogP contribution in [0.4, 0.5) is 24.5 Å². The number of halogens is 3. The van der Waals surface area contributed by atoms with Crippen molar-refractivity contribution in [2.75, 3.05) is 10.3 Å². The average molecular weight is 514 g/mol. The first kappa shape index (κ1) is 26.2. The zero-order valence-corrected chi connectivity index (χ0v) is 20.9. The summed E-state index contributed by atoms with van der Waals surface area (Å²) in [5.74, 6) is 5.67. The Labute approximate surface area is 213 Å². The lowest BCUT2D eigenvalue weighted by atomic mass is 10.0. The summed E-state index contributed by atoms with van der Waals surface area (Å²) in [5, 5.41) is 11.1. The van der Waals surface area contributed by atoms with Gasteiger partial charge in [0.1, 0.15) is 0 Å². The van der Waals surface area contributed by atoms with Gasteiger partial charge in [-0.1, -0.05) is 12.1 Å². The molecule has 1 aromatic heterocycles. The highest BCUT2D eigenvalue weighted by atomic mass is 19.4. The summed E-state index contributed by atoms with van der Waals surface area (Å²) < 4.78 is 42.7. The predicted octanol–water partition coefficient (Wildman–Crippen LogP) is 4.20. The van der Waals surface area contributed by atoms with Crippen LogP contribution in [-0.4, -0.2) is 21.7 Å². The van der Waals surface area contributed by atoms with Crippen LogP contribution >= 0.6 is 0 Å². The Bertz CT molecular complexity index is 1340. The summed E-state index contributed by atoms with van der Waals surface area (Å²) in [6.45, 7) is 3.82. The Morgan fingerprint density at radius 1 is 1.22 bits per heavy atom. The van der Waals surface area contributed by atoms with Crippen molar-refractivity contribution in [1.29, 1.82) is 0 Å². The predicted molar refractivity (Wildman–Crippen MR) is 137 cm³/mol. The molecule has 0 bridgehead atoms. The zero-order valence-electron chi connectivity index (χ0n) is 20.9. The molecule has 0 atom stereocenters. The molecule has 0 saturated heterocycles. The van der Waals surface area contributed by atoms with E-state index in [0.717, 1.165) is 35.7 Å². The number of benzene rings is 2. The van der Waals surface area contributed by atoms with Crippen LogP contribution in [0.2, 0.25) is 0 Å². The zero-order chi connectivity index (χ0) is 26.9. The van der Waals surface area contributed by atoms with Crippen LogP contribution in [0.25, 0.3) is 5.70 Å². The summed E-state index contributed by atoms with van der Waals surface area (Å²) >= 11 is 0. The molecule has 8 nitrogen and oxygen atoms in total. The van der Waals surface area contributed by atoms with Crippen molar-refractivity contribution in [3.63, 3.8) is 0 Å². The van der Waals surface area contributed by atoms with Gasteiger partial charge in [0.05, 0.1) is 23.1 Å². The van der Waals surface area contributed by atoms with Crippen molar-refractivity contribution in [1.82, 2.24) is 15.1 Å². The quantitative estimate of drug-likeness (QED) is 0.265. The highest BCUT2D eigenvalue weighted by Gasteiger charge is 2.34. The van der Waals surface area contributed by atoms with Crippen LogP contribution in [0.1, 0.15) is 51.1 Å². The van der Waals surface area contributed by atoms with Crippen molar-refractivity contribution in [3.8, 4) is 0 Å². The second-order valence-corrected chi connectivity index (χ2v) is 9.24. The van der Waals surface area contributed by atoms with E-state index in [1.165, 1.54) is 23.3 Å². The number of hydrogen-bond acceptors (Lipinski definition) is 6. The van der Waals surface area contributed by atoms with Gasteiger partial charge in [-0.15, -0.1) is 0 Å². The van der Waals surface area contributed by atoms with E-state index in [1.54, 1.807) is 36.1 Å². The van der Waals surface area contributed by atoms with Crippen LogP contribution in [0.3, 0.4) is 0 Å². The van der Waals surface area contributed by atoms with Gasteiger partial charge < -0.3 is 16.4 Å². The molecule has 1 saturated carbocycles. The van der Waals surface area contributed by atoms with Gasteiger partial charge in [-0.05, 0) is 62.1 Å². The number of amides is 1. The fourth-order valence-corrected chi connectivity index (χ4v) is 3.92. The van der Waals surface area contributed by atoms with E-state index in [-0.39, 0.29) is 29.4 Å². The summed E-state index contributed by atoms with van der Waals surface area (Å²) in [4.78, 5) is 12.9. The van der Waals surface area contributed by atoms with Crippen LogP contribution in [0.15, 0.2) is 48.8 Å². The van der Waals surface area contributed by atoms with E-state index in [1.807, 2.05) is 13.8 Å². The molecule has 11 heteroatoms. The summed E-state index contributed by atoms with van der Waals surface area (Å²) in [6.07, 6.45) is 0.559. The fourth-order valence-electron chi connectivity index (χ4n) is 3.92. The molecule has 3 aromatic rings. The minimum Gasteiger partial charge on any atom is -0.397 e. The molecule has 1 fully saturated rings. The van der Waals surface area contributed by atoms with Gasteiger partial charge in [-0.3, -0.25) is 14.5 Å². The number of nitrogens with one attached hydrogen (secondary N) is 2. The van der Waals surface area contributed by atoms with Gasteiger partial charge in [-0.25, -0.2) is 5.84 Å². The molecular weight excluding hydrogens is 483 g/mol. The Hall–Kier alpha value is -3.83. The molecule has 4 rings (SSSR count). The van der Waals surface area contributed by atoms with E-state index < -0.39 is 17.6 Å². The minimum absolute atomic E-state index is 0.0513. The largest absolute Gasteiger partial charge is 0.416 e. The normalized spacial score (nSPS) is 14.1. The standard InChI is InChI=1S/C26H30F3N7O/c1-15-4-5-17(10-24(15)36(31)14-23(30)21-13-33-35(3)16(21)2)25(37)34-20-7-6-18(12-32-19-8-9-19)22(11-20)26(27,28)29/h4-7,10-11,13-14,19,32H,8-9,12,30-31H2,1-3H3,(H,34,37)/b23-14-. The van der Waals surface area contributed by atoms with E-state index >= 15 is 0 Å². The summed E-state index contributed by atoms with van der Waals surface area (Å²) in [6, 6.07) is 8.95. The smallest absolute Gasteiger partial charge is 0.397 e. The molecule has 0 unspecified atom stereocenters. The topological polar surface area (TPSA) is 114 Å². The maximum Gasteiger partial charge on any atom is 0.416 e. The second-order valence-electron chi connectivity index (χ2n) is 9.24. The highest BCUT2D eigenvalue weighted by molar-refractivity contribution is 6.05. The number of nitrogens with two attached hydrogens (primary N) is 2. The monoisotopic (exact) mass is 513 g/mol. The van der Waals surface area contributed by atoms with E-state index in [4.69, 9.17) is 11.6 Å². The summed E-state index contributed by atoms with van der Waals surface area (Å²) in [5.41, 5.74) is 9.11. The second kappa shape index (κ2) is 10.3. The van der Waals surface area contributed by atoms with Crippen LogP contribution in [0.5, 0.6) is 0 Å². The number of nitrogens with zero attached hydrogens (tertiary/aromatic N) is 3. The Kier molecular flexibility index (Phi) is 7.28. The number of carbonyl (C=O) groups excluding carboxylic acids is 1. The molecule has 0 aliphatic heterocycles. The van der Waals surface area contributed by atoms with E-state index in [2.05, 4.69) is 15.7 Å². The number of carbonyl (C=O) groups is 1. The highest BCUT2D eigenvalue weighted by Crippen LogP contribution is 2.34. The SMILES string of the molecule is Cc1ccc(C(=O)Nc2ccc(CNC3CC3)c(C(F)(F)F)c2)cc1N(N)/C=C(\N)c1cnn(C)c1C. The molecule has 1 heterocycles. The summed E-state index contributed by atoms with van der Waals surface area (Å²) in [7, 11) is 1.80. The maximum atomic E-state index is 13.7. The van der Waals surface area contributed by atoms with Crippen molar-refractivity contribution in [2.45, 2.75) is 45.5 Å². The fraction of sp³-hybridized carbons (Fsp3) is 0.308. The van der Waals surface area contributed by atoms with E-state index in [0.29, 0.717) is 11.4 Å². The van der Waals surface area contributed by atoms with E-state index in [9.17, 15) is 18.0 Å². The lowest BCUT2D eigenvalue weighted by Gasteiger charge is -2.19. The maximum absolute atomic E-state index is 13.7. The molecule has 6 N–H and O–H groups in total. The van der Waals surface area contributed by atoms with Crippen molar-refractivity contribution >= 4 is 23.0 Å². The molecule has 37 heavy (non-hydrogen) atoms. The Morgan fingerprint density at radius 3 is 2.57 bits per heavy atom. The van der Waals surface area contributed by atoms with Crippen molar-refractivity contribution < 1.29 is 18.0 Å². The minimum atomic E-state index is -4.54. The van der Waals surface area contributed by atoms with Crippen LogP contribution in [0, 0.1) is 13.8 Å². The van der Waals surface area contributed by atoms with Gasteiger partial charge in [0.15, 0.2) is 0 Å². The third kappa shape index (κ3) is 6.12. The molecule has 1 aliphatic carbocycles. The first-order valence-corrected chi connectivity index (χ1v) is 11.8. The first-order valence-electron chi connectivity index (χ1n) is 11.8. The number of rotatable bonds is 8. The van der Waals surface area contributed by atoms with Crippen molar-refractivity contribution in [3.05, 3.63) is 82.3 Å². The number of aryl methyl sites for hydroxylation is 2. The van der Waals surface area contributed by atoms with Crippen LogP contribution < -0.4 is 27.2 Å². The van der Waals surface area contributed by atoms with Gasteiger partial charge in [-0.2, -0.15) is 18.3 Å². The Balaban J connectivity index is 1.54. The lowest BCUT2D eigenvalue weighted by molar-refractivity contribution is -0.138.